The lowest BCUT2D eigenvalue weighted by Crippen LogP contribution is -2.16. The van der Waals surface area contributed by atoms with E-state index in [0.717, 1.165) is 32.1 Å². The van der Waals surface area contributed by atoms with Crippen LogP contribution in [0.3, 0.4) is 0 Å². The molecular formula is C14H21NO3. The fourth-order valence-corrected chi connectivity index (χ4v) is 1.78. The SMILES string of the molecule is Oc1cccc(CNCCCOCC2CC2)c1O. The summed E-state index contributed by atoms with van der Waals surface area (Å²) >= 11 is 0. The lowest BCUT2D eigenvalue weighted by atomic mass is 10.2. The third-order valence-corrected chi connectivity index (χ3v) is 3.11. The molecule has 1 aliphatic rings. The van der Waals surface area contributed by atoms with Gasteiger partial charge in [0.05, 0.1) is 0 Å². The van der Waals surface area contributed by atoms with Crippen LogP contribution in [0.5, 0.6) is 11.5 Å². The quantitative estimate of drug-likeness (QED) is 0.488. The largest absolute Gasteiger partial charge is 0.504 e. The standard InChI is InChI=1S/C14H21NO3/c16-13-4-1-3-12(14(13)17)9-15-7-2-8-18-10-11-5-6-11/h1,3-4,11,15-17H,2,5-10H2. The van der Waals surface area contributed by atoms with Crippen LogP contribution in [0.4, 0.5) is 0 Å². The molecule has 4 heteroatoms. The maximum atomic E-state index is 9.59. The Bertz CT molecular complexity index is 377. The van der Waals surface area contributed by atoms with E-state index in [2.05, 4.69) is 5.32 Å². The number of aromatic hydroxyl groups is 2. The minimum atomic E-state index is -0.0675. The Balaban J connectivity index is 1.55. The van der Waals surface area contributed by atoms with Crippen molar-refractivity contribution in [3.63, 3.8) is 0 Å². The third-order valence-electron chi connectivity index (χ3n) is 3.11. The fraction of sp³-hybridized carbons (Fsp3) is 0.571. The van der Waals surface area contributed by atoms with Crippen molar-refractivity contribution in [1.29, 1.82) is 0 Å². The maximum absolute atomic E-state index is 9.59. The molecule has 4 nitrogen and oxygen atoms in total. The van der Waals surface area contributed by atoms with Crippen LogP contribution >= 0.6 is 0 Å². The van der Waals surface area contributed by atoms with E-state index in [-0.39, 0.29) is 11.5 Å². The molecule has 0 heterocycles. The number of para-hydroxylation sites is 1. The van der Waals surface area contributed by atoms with E-state index in [4.69, 9.17) is 4.74 Å². The molecule has 0 atom stereocenters. The van der Waals surface area contributed by atoms with E-state index in [1.165, 1.54) is 18.9 Å². The minimum Gasteiger partial charge on any atom is -0.504 e. The number of benzene rings is 1. The van der Waals surface area contributed by atoms with Gasteiger partial charge in [-0.25, -0.2) is 0 Å². The molecule has 1 saturated carbocycles. The highest BCUT2D eigenvalue weighted by atomic mass is 16.5. The number of ether oxygens (including phenoxy) is 1. The molecule has 1 aromatic rings. The van der Waals surface area contributed by atoms with Gasteiger partial charge in [-0.3, -0.25) is 0 Å². The molecule has 2 rings (SSSR count). The smallest absolute Gasteiger partial charge is 0.161 e. The monoisotopic (exact) mass is 251 g/mol. The van der Waals surface area contributed by atoms with E-state index >= 15 is 0 Å². The van der Waals surface area contributed by atoms with Crippen LogP contribution in [0.25, 0.3) is 0 Å². The maximum Gasteiger partial charge on any atom is 0.161 e. The summed E-state index contributed by atoms with van der Waals surface area (Å²) in [6.07, 6.45) is 3.62. The van der Waals surface area contributed by atoms with E-state index in [0.29, 0.717) is 12.1 Å². The Hall–Kier alpha value is -1.26. The number of hydrogen-bond donors (Lipinski definition) is 3. The number of phenols is 2. The summed E-state index contributed by atoms with van der Waals surface area (Å²) in [5.74, 6) is 0.722. The summed E-state index contributed by atoms with van der Waals surface area (Å²) < 4.78 is 5.52. The van der Waals surface area contributed by atoms with Gasteiger partial charge < -0.3 is 20.3 Å². The molecule has 100 valence electrons. The zero-order valence-electron chi connectivity index (χ0n) is 10.6. The summed E-state index contributed by atoms with van der Waals surface area (Å²) in [5.41, 5.74) is 0.717. The van der Waals surface area contributed by atoms with Crippen LogP contribution in [0, 0.1) is 5.92 Å². The van der Waals surface area contributed by atoms with Crippen molar-refractivity contribution >= 4 is 0 Å². The van der Waals surface area contributed by atoms with Crippen molar-refractivity contribution in [2.45, 2.75) is 25.8 Å². The van der Waals surface area contributed by atoms with E-state index in [1.807, 2.05) is 0 Å². The molecule has 0 spiro atoms. The first kappa shape index (κ1) is 13.2. The Morgan fingerprint density at radius 2 is 2.11 bits per heavy atom. The Morgan fingerprint density at radius 3 is 2.89 bits per heavy atom. The molecule has 0 aliphatic heterocycles. The molecule has 0 amide bonds. The molecule has 0 unspecified atom stereocenters. The van der Waals surface area contributed by atoms with Crippen LogP contribution < -0.4 is 5.32 Å². The van der Waals surface area contributed by atoms with Crippen molar-refractivity contribution in [2.75, 3.05) is 19.8 Å². The molecule has 0 aromatic heterocycles. The molecule has 1 aromatic carbocycles. The minimum absolute atomic E-state index is 0.0324. The molecule has 3 N–H and O–H groups in total. The summed E-state index contributed by atoms with van der Waals surface area (Å²) in [6, 6.07) is 5.00. The van der Waals surface area contributed by atoms with Crippen LogP contribution in [0.15, 0.2) is 18.2 Å². The predicted molar refractivity (Wildman–Crippen MR) is 69.6 cm³/mol. The second-order valence-electron chi connectivity index (χ2n) is 4.83. The first-order chi connectivity index (χ1) is 8.77. The summed E-state index contributed by atoms with van der Waals surface area (Å²) in [5, 5.41) is 22.1. The highest BCUT2D eigenvalue weighted by molar-refractivity contribution is 5.44. The van der Waals surface area contributed by atoms with Gasteiger partial charge in [0.15, 0.2) is 11.5 Å². The number of nitrogens with one attached hydrogen (secondary N) is 1. The van der Waals surface area contributed by atoms with E-state index < -0.39 is 0 Å². The van der Waals surface area contributed by atoms with Gasteiger partial charge in [0, 0.05) is 25.3 Å². The summed E-state index contributed by atoms with van der Waals surface area (Å²) in [6.45, 7) is 3.10. The van der Waals surface area contributed by atoms with Gasteiger partial charge in [-0.05, 0) is 37.8 Å². The normalized spacial score (nSPS) is 14.9. The highest BCUT2D eigenvalue weighted by Gasteiger charge is 2.20. The van der Waals surface area contributed by atoms with Gasteiger partial charge in [-0.2, -0.15) is 0 Å². The summed E-state index contributed by atoms with van der Waals surface area (Å²) in [7, 11) is 0. The molecule has 0 radical (unpaired) electrons. The molecule has 1 fully saturated rings. The molecule has 0 saturated heterocycles. The first-order valence-electron chi connectivity index (χ1n) is 6.55. The van der Waals surface area contributed by atoms with Gasteiger partial charge in [0.1, 0.15) is 0 Å². The van der Waals surface area contributed by atoms with Crippen LogP contribution in [-0.2, 0) is 11.3 Å². The lowest BCUT2D eigenvalue weighted by Gasteiger charge is -2.08. The second kappa shape index (κ2) is 6.61. The lowest BCUT2D eigenvalue weighted by molar-refractivity contribution is 0.122. The second-order valence-corrected chi connectivity index (χ2v) is 4.83. The first-order valence-corrected chi connectivity index (χ1v) is 6.55. The third kappa shape index (κ3) is 4.20. The molecular weight excluding hydrogens is 230 g/mol. The van der Waals surface area contributed by atoms with Crippen molar-refractivity contribution < 1.29 is 14.9 Å². The van der Waals surface area contributed by atoms with Crippen LogP contribution in [0.2, 0.25) is 0 Å². The average molecular weight is 251 g/mol. The van der Waals surface area contributed by atoms with Crippen LogP contribution in [0.1, 0.15) is 24.8 Å². The number of rotatable bonds is 8. The average Bonchev–Trinajstić information content (AvgIpc) is 3.17. The zero-order valence-corrected chi connectivity index (χ0v) is 10.6. The Morgan fingerprint density at radius 1 is 1.28 bits per heavy atom. The fourth-order valence-electron chi connectivity index (χ4n) is 1.78. The predicted octanol–water partition coefficient (Wildman–Crippen LogP) is 2.00. The van der Waals surface area contributed by atoms with Crippen molar-refractivity contribution in [3.8, 4) is 11.5 Å². The molecule has 0 bridgehead atoms. The van der Waals surface area contributed by atoms with E-state index in [9.17, 15) is 10.2 Å². The highest BCUT2D eigenvalue weighted by Crippen LogP contribution is 2.29. The molecule has 1 aliphatic carbocycles. The van der Waals surface area contributed by atoms with Crippen LogP contribution in [-0.4, -0.2) is 30.0 Å². The Kier molecular flexibility index (Phi) is 4.84. The van der Waals surface area contributed by atoms with Crippen molar-refractivity contribution in [2.24, 2.45) is 5.92 Å². The van der Waals surface area contributed by atoms with Gasteiger partial charge in [0.25, 0.3) is 0 Å². The van der Waals surface area contributed by atoms with Gasteiger partial charge >= 0.3 is 0 Å². The molecule has 18 heavy (non-hydrogen) atoms. The van der Waals surface area contributed by atoms with Gasteiger partial charge in [-0.1, -0.05) is 12.1 Å². The van der Waals surface area contributed by atoms with Gasteiger partial charge in [-0.15, -0.1) is 0 Å². The number of hydrogen-bond acceptors (Lipinski definition) is 4. The Labute approximate surface area is 108 Å². The van der Waals surface area contributed by atoms with Gasteiger partial charge in [0.2, 0.25) is 0 Å². The summed E-state index contributed by atoms with van der Waals surface area (Å²) in [4.78, 5) is 0. The van der Waals surface area contributed by atoms with E-state index in [1.54, 1.807) is 12.1 Å². The zero-order chi connectivity index (χ0) is 12.8. The van der Waals surface area contributed by atoms with Crippen molar-refractivity contribution in [1.82, 2.24) is 5.32 Å². The topological polar surface area (TPSA) is 61.7 Å². The number of phenolic OH excluding ortho intramolecular Hbond substituents is 2. The van der Waals surface area contributed by atoms with Crippen molar-refractivity contribution in [3.05, 3.63) is 23.8 Å².